The van der Waals surface area contributed by atoms with Gasteiger partial charge in [-0.3, -0.25) is 0 Å². The minimum Gasteiger partial charge on any atom is -0.427 e. The van der Waals surface area contributed by atoms with Crippen LogP contribution in [-0.2, 0) is 9.47 Å². The van der Waals surface area contributed by atoms with Crippen molar-refractivity contribution in [3.63, 3.8) is 0 Å². The third kappa shape index (κ3) is 5.08. The second-order valence-corrected chi connectivity index (χ2v) is 14.0. The molecule has 0 unspecified atom stereocenters. The third-order valence-corrected chi connectivity index (χ3v) is 11.6. The van der Waals surface area contributed by atoms with Gasteiger partial charge in [-0.1, -0.05) is 72.5 Å². The molecule has 3 heteroatoms. The van der Waals surface area contributed by atoms with E-state index in [0.29, 0.717) is 35.6 Å². The van der Waals surface area contributed by atoms with Crippen molar-refractivity contribution in [2.45, 2.75) is 125 Å². The first-order valence-electron chi connectivity index (χ1n) is 15.0. The molecule has 35 heavy (non-hydrogen) atoms. The quantitative estimate of drug-likeness (QED) is 0.177. The van der Waals surface area contributed by atoms with E-state index in [4.69, 9.17) is 14.7 Å². The van der Waals surface area contributed by atoms with E-state index in [2.05, 4.69) is 47.6 Å². The predicted octanol–water partition coefficient (Wildman–Crippen LogP) is 8.69. The van der Waals surface area contributed by atoms with E-state index in [0.717, 1.165) is 42.4 Å². The van der Waals surface area contributed by atoms with Gasteiger partial charge in [0.1, 0.15) is 6.61 Å². The van der Waals surface area contributed by atoms with Crippen LogP contribution in [-0.4, -0.2) is 19.3 Å². The summed E-state index contributed by atoms with van der Waals surface area (Å²) in [5, 5.41) is 8.53. The second kappa shape index (κ2) is 10.8. The lowest BCUT2D eigenvalue weighted by atomic mass is 9.41. The standard InChI is InChI=1S/C32H53NO2/c1-23(2)9-7-10-24(3)27-11-12-28-31(27,5)18-15-29-30(4)17-14-26(35-20-8-19-34-22-33)21-25(30)13-16-32(28,29)6/h13,23-24,26-29H,7-12,14-21H2,1-6H3/t24-,26+,27-,28-,29-,30+,31-,32+/m1/s1. The van der Waals surface area contributed by atoms with Gasteiger partial charge in [0.15, 0.2) is 0 Å². The average molecular weight is 484 g/mol. The summed E-state index contributed by atoms with van der Waals surface area (Å²) in [5.41, 5.74) is 3.06. The molecule has 0 radical (unpaired) electrons. The Kier molecular flexibility index (Phi) is 8.32. The number of allylic oxidation sites excluding steroid dienone is 1. The van der Waals surface area contributed by atoms with E-state index < -0.39 is 0 Å². The summed E-state index contributed by atoms with van der Waals surface area (Å²) in [4.78, 5) is 0. The molecule has 0 saturated heterocycles. The van der Waals surface area contributed by atoms with Crippen molar-refractivity contribution in [3.05, 3.63) is 11.6 Å². The number of hydrogen-bond acceptors (Lipinski definition) is 3. The topological polar surface area (TPSA) is 42.2 Å². The van der Waals surface area contributed by atoms with Gasteiger partial charge in [-0.2, -0.15) is 5.26 Å². The molecule has 0 aromatic heterocycles. The molecule has 0 heterocycles. The first kappa shape index (κ1) is 27.0. The Morgan fingerprint density at radius 3 is 2.49 bits per heavy atom. The van der Waals surface area contributed by atoms with Crippen LogP contribution < -0.4 is 0 Å². The minimum absolute atomic E-state index is 0.345. The Morgan fingerprint density at radius 2 is 1.74 bits per heavy atom. The molecular weight excluding hydrogens is 430 g/mol. The zero-order valence-electron chi connectivity index (χ0n) is 23.7. The number of ether oxygens (including phenoxy) is 2. The molecule has 3 fully saturated rings. The van der Waals surface area contributed by atoms with Gasteiger partial charge in [0.05, 0.1) is 12.7 Å². The SMILES string of the molecule is CC(C)CCC[C@@H](C)[C@H]1CC[C@@H]2[C@]1(C)CC[C@H]1[C@@]2(C)CC=C2C[C@@H](OCCCOC#N)CC[C@@]21C. The van der Waals surface area contributed by atoms with Crippen molar-refractivity contribution < 1.29 is 9.47 Å². The lowest BCUT2D eigenvalue weighted by Crippen LogP contribution is -2.56. The smallest absolute Gasteiger partial charge is 0.286 e. The summed E-state index contributed by atoms with van der Waals surface area (Å²) in [6, 6.07) is 0. The summed E-state index contributed by atoms with van der Waals surface area (Å²) in [5.74, 6) is 4.35. The molecule has 3 nitrogen and oxygen atoms in total. The van der Waals surface area contributed by atoms with E-state index >= 15 is 0 Å². The van der Waals surface area contributed by atoms with E-state index in [1.54, 1.807) is 11.8 Å². The Hall–Kier alpha value is -1.01. The fourth-order valence-corrected chi connectivity index (χ4v) is 9.88. The van der Waals surface area contributed by atoms with Crippen molar-refractivity contribution in [3.8, 4) is 6.26 Å². The molecule has 0 bridgehead atoms. The summed E-state index contributed by atoms with van der Waals surface area (Å²) in [7, 11) is 0. The van der Waals surface area contributed by atoms with Crippen molar-refractivity contribution in [2.75, 3.05) is 13.2 Å². The van der Waals surface area contributed by atoms with Gasteiger partial charge >= 0.3 is 0 Å². The maximum absolute atomic E-state index is 8.53. The van der Waals surface area contributed by atoms with Crippen LogP contribution in [0.25, 0.3) is 0 Å². The van der Waals surface area contributed by atoms with Crippen LogP contribution >= 0.6 is 0 Å². The number of hydrogen-bond donors (Lipinski definition) is 0. The van der Waals surface area contributed by atoms with Gasteiger partial charge in [-0.05, 0) is 97.2 Å². The van der Waals surface area contributed by atoms with Gasteiger partial charge in [-0.15, -0.1) is 0 Å². The monoisotopic (exact) mass is 483 g/mol. The van der Waals surface area contributed by atoms with Gasteiger partial charge < -0.3 is 9.47 Å². The van der Waals surface area contributed by atoms with Crippen molar-refractivity contribution >= 4 is 0 Å². The maximum atomic E-state index is 8.53. The van der Waals surface area contributed by atoms with Crippen LogP contribution in [0.15, 0.2) is 11.6 Å². The Bertz CT molecular complexity index is 798. The third-order valence-electron chi connectivity index (χ3n) is 11.6. The zero-order chi connectivity index (χ0) is 25.3. The molecule has 0 N–H and O–H groups in total. The zero-order valence-corrected chi connectivity index (χ0v) is 23.7. The molecule has 0 spiro atoms. The van der Waals surface area contributed by atoms with Gasteiger partial charge in [-0.25, -0.2) is 0 Å². The lowest BCUT2D eigenvalue weighted by Gasteiger charge is -2.63. The summed E-state index contributed by atoms with van der Waals surface area (Å²) < 4.78 is 11.0. The Morgan fingerprint density at radius 1 is 0.943 bits per heavy atom. The molecule has 0 aromatic carbocycles. The van der Waals surface area contributed by atoms with Crippen LogP contribution in [0.4, 0.5) is 0 Å². The fourth-order valence-electron chi connectivity index (χ4n) is 9.88. The Labute approximate surface area is 216 Å². The summed E-state index contributed by atoms with van der Waals surface area (Å²) in [6.07, 6.45) is 20.4. The van der Waals surface area contributed by atoms with Crippen LogP contribution in [0.2, 0.25) is 0 Å². The molecular formula is C32H53NO2. The lowest BCUT2D eigenvalue weighted by molar-refractivity contribution is -0.117. The molecule has 8 atom stereocenters. The molecule has 4 aliphatic rings. The second-order valence-electron chi connectivity index (χ2n) is 14.0. The van der Waals surface area contributed by atoms with Crippen LogP contribution in [0.3, 0.4) is 0 Å². The van der Waals surface area contributed by atoms with Crippen LogP contribution in [0.1, 0.15) is 119 Å². The molecule has 3 saturated carbocycles. The normalized spacial score (nSPS) is 41.4. The van der Waals surface area contributed by atoms with Gasteiger partial charge in [0, 0.05) is 6.42 Å². The Balaban J connectivity index is 1.43. The van der Waals surface area contributed by atoms with Crippen molar-refractivity contribution in [2.24, 2.45) is 45.8 Å². The first-order valence-corrected chi connectivity index (χ1v) is 15.0. The van der Waals surface area contributed by atoms with E-state index in [1.807, 2.05) is 0 Å². The average Bonchev–Trinajstić information content (AvgIpc) is 3.17. The highest BCUT2D eigenvalue weighted by Gasteiger charge is 2.63. The minimum atomic E-state index is 0.345. The highest BCUT2D eigenvalue weighted by Crippen LogP contribution is 2.72. The molecule has 4 rings (SSSR count). The molecule has 0 aliphatic heterocycles. The van der Waals surface area contributed by atoms with E-state index in [-0.39, 0.29) is 0 Å². The molecule has 198 valence electrons. The number of rotatable bonds is 10. The van der Waals surface area contributed by atoms with E-state index in [1.165, 1.54) is 64.2 Å². The van der Waals surface area contributed by atoms with Gasteiger partial charge in [0.25, 0.3) is 6.26 Å². The number of nitriles is 1. The highest BCUT2D eigenvalue weighted by molar-refractivity contribution is 5.28. The molecule has 0 amide bonds. The van der Waals surface area contributed by atoms with Crippen molar-refractivity contribution in [1.29, 1.82) is 5.26 Å². The fraction of sp³-hybridized carbons (Fsp3) is 0.906. The maximum Gasteiger partial charge on any atom is 0.286 e. The number of fused-ring (bicyclic) bond motifs is 5. The summed E-state index contributed by atoms with van der Waals surface area (Å²) in [6.45, 7) is 16.5. The van der Waals surface area contributed by atoms with Crippen molar-refractivity contribution in [1.82, 2.24) is 0 Å². The van der Waals surface area contributed by atoms with Crippen LogP contribution in [0, 0.1) is 57.4 Å². The molecule has 0 aromatic rings. The molecule has 4 aliphatic carbocycles. The largest absolute Gasteiger partial charge is 0.427 e. The van der Waals surface area contributed by atoms with Gasteiger partial charge in [0.2, 0.25) is 0 Å². The highest BCUT2D eigenvalue weighted by atomic mass is 16.5. The van der Waals surface area contributed by atoms with Crippen LogP contribution in [0.5, 0.6) is 0 Å². The number of nitrogens with zero attached hydrogens (tertiary/aromatic N) is 1. The first-order chi connectivity index (χ1) is 16.6. The summed E-state index contributed by atoms with van der Waals surface area (Å²) >= 11 is 0. The predicted molar refractivity (Wildman–Crippen MR) is 144 cm³/mol. The van der Waals surface area contributed by atoms with E-state index in [9.17, 15) is 0 Å².